The zero-order chi connectivity index (χ0) is 16.4. The topological polar surface area (TPSA) is 83.6 Å². The second-order valence-corrected chi connectivity index (χ2v) is 9.44. The molecular formula is C14H26N2O4S. The van der Waals surface area contributed by atoms with Crippen LogP contribution in [0, 0.1) is 5.92 Å². The monoisotopic (exact) mass is 318 g/mol. The third-order valence-corrected chi connectivity index (χ3v) is 5.97. The number of hydrogen-bond acceptors (Lipinski definition) is 4. The number of sulfone groups is 1. The summed E-state index contributed by atoms with van der Waals surface area (Å²) in [5, 5.41) is 2.73. The Morgan fingerprint density at radius 2 is 1.90 bits per heavy atom. The van der Waals surface area contributed by atoms with Gasteiger partial charge in [-0.2, -0.15) is 0 Å². The Kier molecular flexibility index (Phi) is 5.41. The van der Waals surface area contributed by atoms with E-state index < -0.39 is 20.6 Å². The summed E-state index contributed by atoms with van der Waals surface area (Å²) >= 11 is 0. The molecule has 0 saturated carbocycles. The first-order valence-corrected chi connectivity index (χ1v) is 9.11. The van der Waals surface area contributed by atoms with Crippen molar-refractivity contribution >= 4 is 21.7 Å². The molecule has 1 rings (SSSR count). The first kappa shape index (κ1) is 17.9. The number of carbonyl (C=O) groups is 2. The summed E-state index contributed by atoms with van der Waals surface area (Å²) in [6.07, 6.45) is 1.94. The van der Waals surface area contributed by atoms with E-state index in [0.717, 1.165) is 0 Å². The molecular weight excluding hydrogens is 292 g/mol. The molecule has 0 bridgehead atoms. The van der Waals surface area contributed by atoms with Gasteiger partial charge in [0.25, 0.3) is 0 Å². The fraction of sp³-hybridized carbons (Fsp3) is 0.857. The van der Waals surface area contributed by atoms with E-state index >= 15 is 0 Å². The lowest BCUT2D eigenvalue weighted by atomic mass is 10.0. The average Bonchev–Trinajstić information content (AvgIpc) is 2.40. The molecule has 1 heterocycles. The average molecular weight is 318 g/mol. The Morgan fingerprint density at radius 3 is 2.38 bits per heavy atom. The number of rotatable bonds is 5. The molecule has 1 atom stereocenters. The molecule has 21 heavy (non-hydrogen) atoms. The molecule has 1 aliphatic rings. The molecule has 1 saturated heterocycles. The summed E-state index contributed by atoms with van der Waals surface area (Å²) in [5.41, 5.74) is 0. The molecule has 0 aromatic rings. The first-order chi connectivity index (χ1) is 9.44. The summed E-state index contributed by atoms with van der Waals surface area (Å²) < 4.78 is 22.6. The molecule has 2 amide bonds. The van der Waals surface area contributed by atoms with Crippen LogP contribution in [0.3, 0.4) is 0 Å². The van der Waals surface area contributed by atoms with Gasteiger partial charge in [-0.3, -0.25) is 9.59 Å². The fourth-order valence-corrected chi connectivity index (χ4v) is 2.65. The molecule has 0 aromatic heterocycles. The maximum absolute atomic E-state index is 12.5. The molecule has 1 aliphatic heterocycles. The Labute approximate surface area is 127 Å². The van der Waals surface area contributed by atoms with E-state index in [0.29, 0.717) is 6.42 Å². The molecule has 1 fully saturated rings. The number of hydrogen-bond donors (Lipinski definition) is 1. The van der Waals surface area contributed by atoms with Gasteiger partial charge in [-0.15, -0.1) is 0 Å². The second-order valence-electron chi connectivity index (χ2n) is 6.79. The van der Waals surface area contributed by atoms with Crippen molar-refractivity contribution in [2.75, 3.05) is 19.3 Å². The van der Waals surface area contributed by atoms with Crippen LogP contribution in [0.15, 0.2) is 0 Å². The Morgan fingerprint density at radius 1 is 1.33 bits per heavy atom. The maximum Gasteiger partial charge on any atom is 0.245 e. The lowest BCUT2D eigenvalue weighted by molar-refractivity contribution is -0.134. The molecule has 6 nitrogen and oxygen atoms in total. The van der Waals surface area contributed by atoms with Gasteiger partial charge in [0, 0.05) is 25.8 Å². The SMILES string of the molecule is CC(C)CC1NC(=O)CCN(CC(C)(C)S(C)(=O)=O)C1=O. The Hall–Kier alpha value is -1.11. The van der Waals surface area contributed by atoms with Crippen LogP contribution in [0.5, 0.6) is 0 Å². The van der Waals surface area contributed by atoms with Crippen molar-refractivity contribution in [3.05, 3.63) is 0 Å². The standard InChI is InChI=1S/C14H26N2O4S/c1-10(2)8-11-13(18)16(7-6-12(17)15-11)9-14(3,4)21(5,19)20/h10-11H,6-9H2,1-5H3,(H,15,17). The smallest absolute Gasteiger partial charge is 0.245 e. The minimum absolute atomic E-state index is 0.105. The van der Waals surface area contributed by atoms with Crippen LogP contribution in [0.1, 0.15) is 40.5 Å². The third-order valence-electron chi connectivity index (χ3n) is 3.84. The van der Waals surface area contributed by atoms with E-state index in [4.69, 9.17) is 0 Å². The van der Waals surface area contributed by atoms with Gasteiger partial charge in [0.1, 0.15) is 6.04 Å². The molecule has 7 heteroatoms. The van der Waals surface area contributed by atoms with Crippen LogP contribution < -0.4 is 5.32 Å². The molecule has 0 aromatic carbocycles. The third kappa shape index (κ3) is 4.69. The lowest BCUT2D eigenvalue weighted by Gasteiger charge is -2.32. The number of nitrogens with zero attached hydrogens (tertiary/aromatic N) is 1. The van der Waals surface area contributed by atoms with E-state index in [9.17, 15) is 18.0 Å². The van der Waals surface area contributed by atoms with Crippen LogP contribution in [0.4, 0.5) is 0 Å². The summed E-state index contributed by atoms with van der Waals surface area (Å²) in [7, 11) is -3.29. The zero-order valence-corrected chi connectivity index (χ0v) is 14.3. The summed E-state index contributed by atoms with van der Waals surface area (Å²) in [4.78, 5) is 25.8. The fourth-order valence-electron chi connectivity index (χ4n) is 2.26. The van der Waals surface area contributed by atoms with Gasteiger partial charge in [-0.05, 0) is 26.2 Å². The van der Waals surface area contributed by atoms with Crippen LogP contribution in [-0.2, 0) is 19.4 Å². The number of carbonyl (C=O) groups excluding carboxylic acids is 2. The van der Waals surface area contributed by atoms with Crippen molar-refractivity contribution in [2.45, 2.75) is 51.3 Å². The van der Waals surface area contributed by atoms with Gasteiger partial charge in [0.2, 0.25) is 11.8 Å². The Balaban J connectivity index is 2.95. The molecule has 0 radical (unpaired) electrons. The van der Waals surface area contributed by atoms with Crippen LogP contribution in [-0.4, -0.2) is 55.3 Å². The highest BCUT2D eigenvalue weighted by Crippen LogP contribution is 2.20. The largest absolute Gasteiger partial charge is 0.344 e. The Bertz CT molecular complexity index is 511. The highest BCUT2D eigenvalue weighted by Gasteiger charge is 2.37. The van der Waals surface area contributed by atoms with Crippen LogP contribution in [0.2, 0.25) is 0 Å². The van der Waals surface area contributed by atoms with Crippen molar-refractivity contribution in [3.63, 3.8) is 0 Å². The predicted octanol–water partition coefficient (Wildman–Crippen LogP) is 0.573. The molecule has 0 aliphatic carbocycles. The molecule has 122 valence electrons. The van der Waals surface area contributed by atoms with Crippen molar-refractivity contribution in [1.29, 1.82) is 0 Å². The van der Waals surface area contributed by atoms with Crippen molar-refractivity contribution in [1.82, 2.24) is 10.2 Å². The van der Waals surface area contributed by atoms with Gasteiger partial charge in [0.15, 0.2) is 9.84 Å². The maximum atomic E-state index is 12.5. The molecule has 1 N–H and O–H groups in total. The quantitative estimate of drug-likeness (QED) is 0.803. The molecule has 0 spiro atoms. The first-order valence-electron chi connectivity index (χ1n) is 7.22. The van der Waals surface area contributed by atoms with Gasteiger partial charge in [0.05, 0.1) is 4.75 Å². The second kappa shape index (κ2) is 6.34. The van der Waals surface area contributed by atoms with E-state index in [1.54, 1.807) is 13.8 Å². The highest BCUT2D eigenvalue weighted by molar-refractivity contribution is 7.92. The number of nitrogens with one attached hydrogen (secondary N) is 1. The van der Waals surface area contributed by atoms with Gasteiger partial charge >= 0.3 is 0 Å². The predicted molar refractivity (Wildman–Crippen MR) is 81.5 cm³/mol. The summed E-state index contributed by atoms with van der Waals surface area (Å²) in [5.74, 6) is -0.0814. The van der Waals surface area contributed by atoms with E-state index in [2.05, 4.69) is 5.32 Å². The van der Waals surface area contributed by atoms with Crippen molar-refractivity contribution in [2.24, 2.45) is 5.92 Å². The zero-order valence-electron chi connectivity index (χ0n) is 13.5. The van der Waals surface area contributed by atoms with Crippen molar-refractivity contribution in [3.8, 4) is 0 Å². The van der Waals surface area contributed by atoms with Crippen LogP contribution in [0.25, 0.3) is 0 Å². The summed E-state index contributed by atoms with van der Waals surface area (Å²) in [6.45, 7) is 7.54. The van der Waals surface area contributed by atoms with Gasteiger partial charge < -0.3 is 10.2 Å². The molecule has 1 unspecified atom stereocenters. The van der Waals surface area contributed by atoms with E-state index in [1.165, 1.54) is 11.2 Å². The van der Waals surface area contributed by atoms with Gasteiger partial charge in [-0.1, -0.05) is 13.8 Å². The van der Waals surface area contributed by atoms with Crippen LogP contribution >= 0.6 is 0 Å². The van der Waals surface area contributed by atoms with E-state index in [-0.39, 0.29) is 37.2 Å². The van der Waals surface area contributed by atoms with E-state index in [1.807, 2.05) is 13.8 Å². The highest BCUT2D eigenvalue weighted by atomic mass is 32.2. The van der Waals surface area contributed by atoms with Gasteiger partial charge in [-0.25, -0.2) is 8.42 Å². The number of amides is 2. The lowest BCUT2D eigenvalue weighted by Crippen LogP contribution is -2.51. The summed E-state index contributed by atoms with van der Waals surface area (Å²) in [6, 6.07) is -0.560. The van der Waals surface area contributed by atoms with Crippen molar-refractivity contribution < 1.29 is 18.0 Å². The minimum atomic E-state index is -3.29. The normalized spacial score (nSPS) is 21.4. The minimum Gasteiger partial charge on any atom is -0.344 e.